The van der Waals surface area contributed by atoms with Gasteiger partial charge in [-0.15, -0.1) is 0 Å². The van der Waals surface area contributed by atoms with Crippen LogP contribution in [0.4, 0.5) is 5.69 Å². The predicted octanol–water partition coefficient (Wildman–Crippen LogP) is 4.54. The summed E-state index contributed by atoms with van der Waals surface area (Å²) in [6.45, 7) is 4.44. The molecule has 0 bridgehead atoms. The summed E-state index contributed by atoms with van der Waals surface area (Å²) in [6.07, 6.45) is 9.68. The largest absolute Gasteiger partial charge is 0.399 e. The molecule has 0 aliphatic heterocycles. The van der Waals surface area contributed by atoms with Crippen LogP contribution in [0.5, 0.6) is 0 Å². The Morgan fingerprint density at radius 3 is 2.41 bits per heavy atom. The second-order valence-electron chi connectivity index (χ2n) is 6.39. The quantitative estimate of drug-likeness (QED) is 0.465. The second-order valence-corrected chi connectivity index (χ2v) is 6.39. The number of primary amides is 1. The van der Waals surface area contributed by atoms with Gasteiger partial charge in [-0.2, -0.15) is 0 Å². The highest BCUT2D eigenvalue weighted by Gasteiger charge is 2.30. The van der Waals surface area contributed by atoms with E-state index >= 15 is 0 Å². The number of carbonyl (C=O) groups excluding carboxylic acids is 1. The molecule has 4 N–H and O–H groups in total. The summed E-state index contributed by atoms with van der Waals surface area (Å²) in [6, 6.07) is 8.14. The van der Waals surface area contributed by atoms with Crippen molar-refractivity contribution in [2.24, 2.45) is 5.73 Å². The van der Waals surface area contributed by atoms with Crippen molar-refractivity contribution >= 4 is 11.6 Å². The number of nitrogens with two attached hydrogens (primary N) is 2. The standard InChI is InChI=1S/C19H32N2O/c1-3-5-6-7-8-13-19(4-2,14-12-18(21)22)16-10-9-11-17(20)15-16/h9-11,15H,3-8,12-14,20H2,1-2H3,(H2,21,22). The van der Waals surface area contributed by atoms with E-state index in [-0.39, 0.29) is 11.3 Å². The lowest BCUT2D eigenvalue weighted by atomic mass is 9.71. The number of amides is 1. The van der Waals surface area contributed by atoms with Gasteiger partial charge in [0.15, 0.2) is 0 Å². The molecule has 0 fully saturated rings. The van der Waals surface area contributed by atoms with Crippen LogP contribution in [-0.4, -0.2) is 5.91 Å². The maximum absolute atomic E-state index is 11.3. The molecule has 0 saturated carbocycles. The maximum atomic E-state index is 11.3. The van der Waals surface area contributed by atoms with Gasteiger partial charge in [0.1, 0.15) is 0 Å². The van der Waals surface area contributed by atoms with E-state index in [9.17, 15) is 4.79 Å². The Morgan fingerprint density at radius 1 is 1.09 bits per heavy atom. The van der Waals surface area contributed by atoms with Crippen molar-refractivity contribution in [3.8, 4) is 0 Å². The zero-order chi connectivity index (χ0) is 16.4. The highest BCUT2D eigenvalue weighted by Crippen LogP contribution is 2.38. The van der Waals surface area contributed by atoms with Crippen LogP contribution in [-0.2, 0) is 10.2 Å². The number of benzene rings is 1. The Morgan fingerprint density at radius 2 is 1.82 bits per heavy atom. The number of hydrogen-bond acceptors (Lipinski definition) is 2. The minimum atomic E-state index is -0.215. The minimum absolute atomic E-state index is 0.0244. The molecule has 1 atom stereocenters. The number of hydrogen-bond donors (Lipinski definition) is 2. The van der Waals surface area contributed by atoms with E-state index in [1.165, 1.54) is 37.7 Å². The van der Waals surface area contributed by atoms with Gasteiger partial charge in [-0.25, -0.2) is 0 Å². The van der Waals surface area contributed by atoms with E-state index in [4.69, 9.17) is 11.5 Å². The molecule has 1 amide bonds. The van der Waals surface area contributed by atoms with Gasteiger partial charge < -0.3 is 11.5 Å². The third-order valence-corrected chi connectivity index (χ3v) is 4.78. The average molecular weight is 304 g/mol. The highest BCUT2D eigenvalue weighted by molar-refractivity contribution is 5.73. The summed E-state index contributed by atoms with van der Waals surface area (Å²) in [4.78, 5) is 11.3. The first-order chi connectivity index (χ1) is 10.5. The fourth-order valence-electron chi connectivity index (χ4n) is 3.27. The van der Waals surface area contributed by atoms with E-state index in [1.54, 1.807) is 0 Å². The van der Waals surface area contributed by atoms with Gasteiger partial charge >= 0.3 is 0 Å². The first-order valence-electron chi connectivity index (χ1n) is 8.68. The van der Waals surface area contributed by atoms with Crippen LogP contribution < -0.4 is 11.5 Å². The molecular weight excluding hydrogens is 272 g/mol. The summed E-state index contributed by atoms with van der Waals surface area (Å²) in [5.74, 6) is -0.215. The number of rotatable bonds is 11. The van der Waals surface area contributed by atoms with Crippen LogP contribution in [0, 0.1) is 0 Å². The summed E-state index contributed by atoms with van der Waals surface area (Å²) >= 11 is 0. The monoisotopic (exact) mass is 304 g/mol. The third-order valence-electron chi connectivity index (χ3n) is 4.78. The Hall–Kier alpha value is -1.51. The fraction of sp³-hybridized carbons (Fsp3) is 0.632. The summed E-state index contributed by atoms with van der Waals surface area (Å²) in [5, 5.41) is 0. The first-order valence-corrected chi connectivity index (χ1v) is 8.68. The lowest BCUT2D eigenvalue weighted by molar-refractivity contribution is -0.118. The molecule has 3 heteroatoms. The third kappa shape index (κ3) is 5.70. The zero-order valence-corrected chi connectivity index (χ0v) is 14.2. The van der Waals surface area contributed by atoms with E-state index in [2.05, 4.69) is 26.0 Å². The molecule has 124 valence electrons. The van der Waals surface area contributed by atoms with Crippen molar-refractivity contribution < 1.29 is 4.79 Å². The second kappa shape index (κ2) is 9.50. The van der Waals surface area contributed by atoms with Crippen molar-refractivity contribution in [1.29, 1.82) is 0 Å². The molecule has 0 aliphatic rings. The van der Waals surface area contributed by atoms with Crippen molar-refractivity contribution in [2.75, 3.05) is 5.73 Å². The predicted molar refractivity (Wildman–Crippen MR) is 94.6 cm³/mol. The van der Waals surface area contributed by atoms with Crippen LogP contribution in [0.3, 0.4) is 0 Å². The normalized spacial score (nSPS) is 13.7. The van der Waals surface area contributed by atoms with E-state index in [1.807, 2.05) is 12.1 Å². The Balaban J connectivity index is 2.84. The number of unbranched alkanes of at least 4 members (excludes halogenated alkanes) is 4. The zero-order valence-electron chi connectivity index (χ0n) is 14.2. The lowest BCUT2D eigenvalue weighted by Gasteiger charge is -2.34. The Kier molecular flexibility index (Phi) is 8.00. The lowest BCUT2D eigenvalue weighted by Crippen LogP contribution is -2.28. The smallest absolute Gasteiger partial charge is 0.217 e. The molecule has 0 spiro atoms. The maximum Gasteiger partial charge on any atom is 0.217 e. The molecule has 0 heterocycles. The fourth-order valence-corrected chi connectivity index (χ4v) is 3.27. The van der Waals surface area contributed by atoms with Gasteiger partial charge in [-0.05, 0) is 42.4 Å². The molecule has 1 aromatic rings. The van der Waals surface area contributed by atoms with E-state index < -0.39 is 0 Å². The number of carbonyl (C=O) groups is 1. The molecular formula is C19H32N2O. The highest BCUT2D eigenvalue weighted by atomic mass is 16.1. The minimum Gasteiger partial charge on any atom is -0.399 e. The average Bonchev–Trinajstić information content (AvgIpc) is 2.50. The summed E-state index contributed by atoms with van der Waals surface area (Å²) < 4.78 is 0. The van der Waals surface area contributed by atoms with Crippen molar-refractivity contribution in [3.63, 3.8) is 0 Å². The van der Waals surface area contributed by atoms with Crippen molar-refractivity contribution in [3.05, 3.63) is 29.8 Å². The molecule has 1 rings (SSSR count). The number of anilines is 1. The van der Waals surface area contributed by atoms with Gasteiger partial charge in [-0.1, -0.05) is 58.1 Å². The van der Waals surface area contributed by atoms with Gasteiger partial charge in [0.2, 0.25) is 5.91 Å². The summed E-state index contributed by atoms with van der Waals surface area (Å²) in [7, 11) is 0. The van der Waals surface area contributed by atoms with Crippen LogP contribution in [0.2, 0.25) is 0 Å². The first kappa shape index (κ1) is 18.5. The molecule has 0 saturated heterocycles. The Labute approximate surface area is 135 Å². The SMILES string of the molecule is CCCCCCCC(CC)(CCC(N)=O)c1cccc(N)c1. The van der Waals surface area contributed by atoms with Crippen molar-refractivity contribution in [2.45, 2.75) is 77.0 Å². The van der Waals surface area contributed by atoms with E-state index in [0.717, 1.165) is 24.9 Å². The molecule has 1 aromatic carbocycles. The van der Waals surface area contributed by atoms with Crippen LogP contribution in [0.1, 0.15) is 77.2 Å². The number of nitrogen functional groups attached to an aromatic ring is 1. The van der Waals surface area contributed by atoms with Crippen LogP contribution in [0.25, 0.3) is 0 Å². The van der Waals surface area contributed by atoms with Gasteiger partial charge in [0.05, 0.1) is 0 Å². The molecule has 3 nitrogen and oxygen atoms in total. The molecule has 0 aromatic heterocycles. The van der Waals surface area contributed by atoms with Crippen LogP contribution >= 0.6 is 0 Å². The molecule has 22 heavy (non-hydrogen) atoms. The van der Waals surface area contributed by atoms with Gasteiger partial charge in [0, 0.05) is 12.1 Å². The van der Waals surface area contributed by atoms with Crippen LogP contribution in [0.15, 0.2) is 24.3 Å². The summed E-state index contributed by atoms with van der Waals surface area (Å²) in [5.41, 5.74) is 13.4. The van der Waals surface area contributed by atoms with E-state index in [0.29, 0.717) is 6.42 Å². The topological polar surface area (TPSA) is 69.1 Å². The Bertz CT molecular complexity index is 459. The van der Waals surface area contributed by atoms with Gasteiger partial charge in [-0.3, -0.25) is 4.79 Å². The molecule has 0 radical (unpaired) electrons. The molecule has 1 unspecified atom stereocenters. The van der Waals surface area contributed by atoms with Gasteiger partial charge in [0.25, 0.3) is 0 Å². The molecule has 0 aliphatic carbocycles. The van der Waals surface area contributed by atoms with Crippen molar-refractivity contribution in [1.82, 2.24) is 0 Å².